The summed E-state index contributed by atoms with van der Waals surface area (Å²) in [4.78, 5) is 25.1. The van der Waals surface area contributed by atoms with Crippen molar-refractivity contribution in [2.24, 2.45) is 0 Å². The Morgan fingerprint density at radius 1 is 1.39 bits per heavy atom. The Kier molecular flexibility index (Phi) is 3.62. The summed E-state index contributed by atoms with van der Waals surface area (Å²) in [6.45, 7) is 1.94. The summed E-state index contributed by atoms with van der Waals surface area (Å²) in [5.41, 5.74) is 2.56. The molecule has 0 unspecified atom stereocenters. The van der Waals surface area contributed by atoms with E-state index in [9.17, 15) is 9.59 Å². The van der Waals surface area contributed by atoms with E-state index in [4.69, 9.17) is 0 Å². The van der Waals surface area contributed by atoms with Crippen molar-refractivity contribution in [3.63, 3.8) is 0 Å². The number of carbonyl (C=O) groups excluding carboxylic acids is 2. The van der Waals surface area contributed by atoms with Gasteiger partial charge in [0, 0.05) is 21.9 Å². The van der Waals surface area contributed by atoms with Crippen LogP contribution in [0, 0.1) is 6.92 Å². The zero-order chi connectivity index (χ0) is 13.1. The topological polar surface area (TPSA) is 62.0 Å². The fraction of sp³-hybridized carbons (Fsp3) is 0.0769. The number of rotatable bonds is 3. The first kappa shape index (κ1) is 12.6. The second-order valence-corrected chi connectivity index (χ2v) is 4.74. The van der Waals surface area contributed by atoms with Gasteiger partial charge in [0.25, 0.3) is 5.91 Å². The molecule has 5 heteroatoms. The third-order valence-electron chi connectivity index (χ3n) is 2.50. The fourth-order valence-electron chi connectivity index (χ4n) is 1.53. The predicted molar refractivity (Wildman–Crippen MR) is 73.0 cm³/mol. The smallest absolute Gasteiger partial charge is 0.272 e. The standard InChI is InChI=1S/C13H11BrN2O2/c1-8-4-10(2-3-11(8)14)16-13(18)12-5-9(7-17)6-15-12/h2-7,15H,1H3,(H,16,18). The molecular formula is C13H11BrN2O2. The van der Waals surface area contributed by atoms with Crippen molar-refractivity contribution in [3.8, 4) is 0 Å². The third kappa shape index (κ3) is 2.68. The van der Waals surface area contributed by atoms with Crippen LogP contribution in [0.3, 0.4) is 0 Å². The summed E-state index contributed by atoms with van der Waals surface area (Å²) in [6, 6.07) is 7.05. The van der Waals surface area contributed by atoms with Crippen LogP contribution in [-0.4, -0.2) is 17.2 Å². The molecule has 0 bridgehead atoms. The second kappa shape index (κ2) is 5.18. The molecule has 1 heterocycles. The molecule has 0 fully saturated rings. The van der Waals surface area contributed by atoms with Gasteiger partial charge in [0.15, 0.2) is 6.29 Å². The van der Waals surface area contributed by atoms with E-state index in [0.29, 0.717) is 23.2 Å². The number of aryl methyl sites for hydroxylation is 1. The highest BCUT2D eigenvalue weighted by molar-refractivity contribution is 9.10. The molecule has 0 saturated carbocycles. The molecule has 0 aliphatic heterocycles. The molecule has 1 aromatic carbocycles. The van der Waals surface area contributed by atoms with Crippen LogP contribution in [0.15, 0.2) is 34.9 Å². The van der Waals surface area contributed by atoms with Crippen LogP contribution < -0.4 is 5.32 Å². The Bertz CT molecular complexity index is 605. The van der Waals surface area contributed by atoms with Gasteiger partial charge in [-0.25, -0.2) is 0 Å². The average molecular weight is 307 g/mol. The van der Waals surface area contributed by atoms with Gasteiger partial charge in [0.05, 0.1) is 0 Å². The van der Waals surface area contributed by atoms with Gasteiger partial charge in [-0.15, -0.1) is 0 Å². The Balaban J connectivity index is 2.15. The largest absolute Gasteiger partial charge is 0.356 e. The fourth-order valence-corrected chi connectivity index (χ4v) is 1.78. The number of nitrogens with one attached hydrogen (secondary N) is 2. The lowest BCUT2D eigenvalue weighted by Gasteiger charge is -2.05. The molecule has 18 heavy (non-hydrogen) atoms. The van der Waals surface area contributed by atoms with Crippen molar-refractivity contribution in [2.75, 3.05) is 5.32 Å². The molecule has 0 aliphatic rings. The third-order valence-corrected chi connectivity index (χ3v) is 3.39. The molecule has 1 amide bonds. The van der Waals surface area contributed by atoms with Crippen LogP contribution in [0.1, 0.15) is 26.4 Å². The van der Waals surface area contributed by atoms with Crippen molar-refractivity contribution in [1.29, 1.82) is 0 Å². The highest BCUT2D eigenvalue weighted by Gasteiger charge is 2.09. The predicted octanol–water partition coefficient (Wildman–Crippen LogP) is 3.15. The molecule has 2 aromatic rings. The summed E-state index contributed by atoms with van der Waals surface area (Å²) in [5, 5.41) is 2.76. The molecule has 0 spiro atoms. The molecule has 4 nitrogen and oxygen atoms in total. The summed E-state index contributed by atoms with van der Waals surface area (Å²) >= 11 is 3.40. The lowest BCUT2D eigenvalue weighted by molar-refractivity contribution is 0.102. The first-order chi connectivity index (χ1) is 8.60. The maximum atomic E-state index is 11.9. The van der Waals surface area contributed by atoms with Crippen LogP contribution >= 0.6 is 15.9 Å². The summed E-state index contributed by atoms with van der Waals surface area (Å²) < 4.78 is 0.989. The Hall–Kier alpha value is -1.88. The van der Waals surface area contributed by atoms with Crippen LogP contribution in [0.5, 0.6) is 0 Å². The number of halogens is 1. The minimum absolute atomic E-state index is 0.273. The molecule has 2 N–H and O–H groups in total. The van der Waals surface area contributed by atoms with E-state index < -0.39 is 0 Å². The number of benzene rings is 1. The number of aromatic amines is 1. The van der Waals surface area contributed by atoms with Crippen molar-refractivity contribution in [2.45, 2.75) is 6.92 Å². The average Bonchev–Trinajstić information content (AvgIpc) is 2.82. The number of aromatic nitrogens is 1. The Morgan fingerprint density at radius 2 is 2.17 bits per heavy atom. The molecule has 0 saturated heterocycles. The zero-order valence-electron chi connectivity index (χ0n) is 9.66. The van der Waals surface area contributed by atoms with E-state index in [0.717, 1.165) is 10.0 Å². The molecule has 0 radical (unpaired) electrons. The van der Waals surface area contributed by atoms with E-state index in [2.05, 4.69) is 26.2 Å². The van der Waals surface area contributed by atoms with Crippen molar-refractivity contribution >= 4 is 33.8 Å². The maximum absolute atomic E-state index is 11.9. The van der Waals surface area contributed by atoms with Gasteiger partial charge in [-0.3, -0.25) is 9.59 Å². The number of hydrogen-bond acceptors (Lipinski definition) is 2. The minimum Gasteiger partial charge on any atom is -0.356 e. The number of carbonyl (C=O) groups is 2. The van der Waals surface area contributed by atoms with Gasteiger partial charge >= 0.3 is 0 Å². The molecule has 0 atom stereocenters. The van der Waals surface area contributed by atoms with Gasteiger partial charge in [0.1, 0.15) is 5.69 Å². The van der Waals surface area contributed by atoms with Gasteiger partial charge in [0.2, 0.25) is 0 Å². The van der Waals surface area contributed by atoms with E-state index in [1.54, 1.807) is 6.07 Å². The maximum Gasteiger partial charge on any atom is 0.272 e. The number of aldehydes is 1. The summed E-state index contributed by atoms with van der Waals surface area (Å²) in [5.74, 6) is -0.273. The highest BCUT2D eigenvalue weighted by Crippen LogP contribution is 2.20. The highest BCUT2D eigenvalue weighted by atomic mass is 79.9. The monoisotopic (exact) mass is 306 g/mol. The van der Waals surface area contributed by atoms with Crippen molar-refractivity contribution < 1.29 is 9.59 Å². The normalized spacial score (nSPS) is 10.1. The summed E-state index contributed by atoms with van der Waals surface area (Å²) in [7, 11) is 0. The van der Waals surface area contributed by atoms with Crippen molar-refractivity contribution in [3.05, 3.63) is 51.8 Å². The van der Waals surface area contributed by atoms with E-state index in [1.165, 1.54) is 12.3 Å². The van der Waals surface area contributed by atoms with Gasteiger partial charge in [-0.05, 0) is 36.8 Å². The zero-order valence-corrected chi connectivity index (χ0v) is 11.2. The van der Waals surface area contributed by atoms with Gasteiger partial charge in [-0.1, -0.05) is 15.9 Å². The van der Waals surface area contributed by atoms with Crippen LogP contribution in [0.2, 0.25) is 0 Å². The van der Waals surface area contributed by atoms with Crippen LogP contribution in [0.25, 0.3) is 0 Å². The lowest BCUT2D eigenvalue weighted by atomic mass is 10.2. The minimum atomic E-state index is -0.273. The molecular weight excluding hydrogens is 296 g/mol. The first-order valence-corrected chi connectivity index (χ1v) is 6.10. The molecule has 0 aliphatic carbocycles. The number of anilines is 1. The van der Waals surface area contributed by atoms with Gasteiger partial charge in [-0.2, -0.15) is 0 Å². The van der Waals surface area contributed by atoms with Crippen LogP contribution in [0.4, 0.5) is 5.69 Å². The van der Waals surface area contributed by atoms with Crippen LogP contribution in [-0.2, 0) is 0 Å². The van der Waals surface area contributed by atoms with Crippen molar-refractivity contribution in [1.82, 2.24) is 4.98 Å². The quantitative estimate of drug-likeness (QED) is 0.856. The number of hydrogen-bond donors (Lipinski definition) is 2. The molecule has 2 rings (SSSR count). The number of amides is 1. The SMILES string of the molecule is Cc1cc(NC(=O)c2cc(C=O)c[nH]2)ccc1Br. The second-order valence-electron chi connectivity index (χ2n) is 3.88. The first-order valence-electron chi connectivity index (χ1n) is 5.31. The molecule has 92 valence electrons. The van der Waals surface area contributed by atoms with Gasteiger partial charge < -0.3 is 10.3 Å². The van der Waals surface area contributed by atoms with E-state index in [-0.39, 0.29) is 5.91 Å². The Labute approximate surface area is 113 Å². The van der Waals surface area contributed by atoms with E-state index in [1.807, 2.05) is 19.1 Å². The molecule has 1 aromatic heterocycles. The lowest BCUT2D eigenvalue weighted by Crippen LogP contribution is -2.12. The Morgan fingerprint density at radius 3 is 2.78 bits per heavy atom. The van der Waals surface area contributed by atoms with E-state index >= 15 is 0 Å². The summed E-state index contributed by atoms with van der Waals surface area (Å²) in [6.07, 6.45) is 2.19. The number of H-pyrrole nitrogens is 1.